The number of fused-ring (bicyclic) bond motifs is 2. The van der Waals surface area contributed by atoms with Gasteiger partial charge in [0.05, 0.1) is 7.11 Å². The number of likely N-dealkylation sites (tertiary alicyclic amines) is 1. The minimum absolute atomic E-state index is 0.199. The summed E-state index contributed by atoms with van der Waals surface area (Å²) < 4.78 is 18.9. The number of aryl methyl sites for hydroxylation is 1. The van der Waals surface area contributed by atoms with E-state index in [1.54, 1.807) is 16.7 Å². The Hall–Kier alpha value is -2.91. The van der Waals surface area contributed by atoms with Crippen LogP contribution in [-0.4, -0.2) is 81.5 Å². The number of benzene rings is 1. The van der Waals surface area contributed by atoms with Gasteiger partial charge in [0.2, 0.25) is 6.79 Å². The second-order valence-corrected chi connectivity index (χ2v) is 12.6. The molecule has 3 aromatic rings. The Labute approximate surface area is 254 Å². The van der Waals surface area contributed by atoms with Crippen molar-refractivity contribution >= 4 is 68.4 Å². The molecule has 1 fully saturated rings. The minimum atomic E-state index is -0.637. The SMILES string of the molecule is COC(=O)[C@H](CCSC)NC(=O)N1CCC(CCn2c(Sc3cc4c(cc3Br)OCO4)nc3c(N)ncnc32)CC1. The molecule has 0 bridgehead atoms. The molecular formula is C26H32BrN7O5S2. The van der Waals surface area contributed by atoms with E-state index in [0.29, 0.717) is 60.5 Å². The summed E-state index contributed by atoms with van der Waals surface area (Å²) in [5, 5.41) is 3.61. The zero-order valence-corrected chi connectivity index (χ0v) is 26.0. The highest BCUT2D eigenvalue weighted by Crippen LogP contribution is 2.43. The lowest BCUT2D eigenvalue weighted by Gasteiger charge is -2.33. The molecule has 41 heavy (non-hydrogen) atoms. The fraction of sp³-hybridized carbons (Fsp3) is 0.500. The van der Waals surface area contributed by atoms with E-state index in [-0.39, 0.29) is 12.8 Å². The highest BCUT2D eigenvalue weighted by atomic mass is 79.9. The van der Waals surface area contributed by atoms with E-state index < -0.39 is 12.0 Å². The maximum atomic E-state index is 12.9. The number of halogens is 1. The monoisotopic (exact) mass is 665 g/mol. The summed E-state index contributed by atoms with van der Waals surface area (Å²) in [4.78, 5) is 41.1. The fourth-order valence-electron chi connectivity index (χ4n) is 4.89. The molecule has 12 nitrogen and oxygen atoms in total. The van der Waals surface area contributed by atoms with E-state index >= 15 is 0 Å². The number of nitrogen functional groups attached to an aromatic ring is 1. The molecule has 0 unspecified atom stereocenters. The number of aromatic nitrogens is 4. The second kappa shape index (κ2) is 13.4. The number of methoxy groups -OCH3 is 1. The van der Waals surface area contributed by atoms with Gasteiger partial charge < -0.3 is 34.7 Å². The summed E-state index contributed by atoms with van der Waals surface area (Å²) in [5.74, 6) is 2.48. The summed E-state index contributed by atoms with van der Waals surface area (Å²) in [6, 6.07) is 2.97. The van der Waals surface area contributed by atoms with E-state index in [0.717, 1.165) is 39.5 Å². The molecule has 2 aliphatic heterocycles. The number of amides is 2. The van der Waals surface area contributed by atoms with Crippen molar-refractivity contribution in [1.82, 2.24) is 29.7 Å². The summed E-state index contributed by atoms with van der Waals surface area (Å²) >= 11 is 6.76. The van der Waals surface area contributed by atoms with E-state index in [1.165, 1.54) is 25.2 Å². The number of nitrogens with one attached hydrogen (secondary N) is 1. The van der Waals surface area contributed by atoms with E-state index in [9.17, 15) is 9.59 Å². The van der Waals surface area contributed by atoms with Crippen molar-refractivity contribution in [2.24, 2.45) is 5.92 Å². The van der Waals surface area contributed by atoms with Crippen molar-refractivity contribution in [3.05, 3.63) is 22.9 Å². The fourth-order valence-corrected chi connectivity index (χ4v) is 6.87. The number of carbonyl (C=O) groups excluding carboxylic acids is 2. The van der Waals surface area contributed by atoms with Gasteiger partial charge in [-0.15, -0.1) is 0 Å². The van der Waals surface area contributed by atoms with Crippen LogP contribution >= 0.6 is 39.5 Å². The maximum Gasteiger partial charge on any atom is 0.328 e. The number of hydrogen-bond donors (Lipinski definition) is 2. The van der Waals surface area contributed by atoms with Crippen LogP contribution in [0.2, 0.25) is 0 Å². The van der Waals surface area contributed by atoms with Crippen molar-refractivity contribution in [1.29, 1.82) is 0 Å². The number of esters is 1. The number of piperidine rings is 1. The van der Waals surface area contributed by atoms with Gasteiger partial charge in [-0.3, -0.25) is 0 Å². The van der Waals surface area contributed by atoms with Gasteiger partial charge in [0.15, 0.2) is 33.6 Å². The zero-order valence-electron chi connectivity index (χ0n) is 22.8. The Kier molecular flexibility index (Phi) is 9.65. The highest BCUT2D eigenvalue weighted by molar-refractivity contribution is 9.10. The normalized spacial score (nSPS) is 15.7. The van der Waals surface area contributed by atoms with Crippen molar-refractivity contribution in [2.75, 3.05) is 44.7 Å². The zero-order chi connectivity index (χ0) is 28.9. The summed E-state index contributed by atoms with van der Waals surface area (Å²) in [5.41, 5.74) is 7.41. The molecule has 0 spiro atoms. The molecular weight excluding hydrogens is 634 g/mol. The Morgan fingerprint density at radius 1 is 1.24 bits per heavy atom. The molecule has 1 aromatic carbocycles. The molecule has 2 amide bonds. The van der Waals surface area contributed by atoms with Crippen LogP contribution in [0.25, 0.3) is 11.2 Å². The molecule has 2 aromatic heterocycles. The molecule has 0 radical (unpaired) electrons. The van der Waals surface area contributed by atoms with Gasteiger partial charge in [0, 0.05) is 29.0 Å². The smallest absolute Gasteiger partial charge is 0.328 e. The molecule has 3 N–H and O–H groups in total. The summed E-state index contributed by atoms with van der Waals surface area (Å²) in [6.45, 7) is 2.13. The number of imidazole rings is 1. The van der Waals surface area contributed by atoms with E-state index in [4.69, 9.17) is 24.9 Å². The first kappa shape index (κ1) is 29.6. The summed E-state index contributed by atoms with van der Waals surface area (Å²) in [7, 11) is 1.34. The molecule has 0 aliphatic carbocycles. The highest BCUT2D eigenvalue weighted by Gasteiger charge is 2.28. The molecule has 0 saturated carbocycles. The third-order valence-corrected chi connectivity index (χ3v) is 9.82. The van der Waals surface area contributed by atoms with E-state index in [2.05, 4.69) is 35.8 Å². The molecule has 15 heteroatoms. The average molecular weight is 667 g/mol. The lowest BCUT2D eigenvalue weighted by molar-refractivity contribution is -0.142. The first-order valence-electron chi connectivity index (χ1n) is 13.2. The predicted molar refractivity (Wildman–Crippen MR) is 160 cm³/mol. The van der Waals surface area contributed by atoms with Crippen LogP contribution < -0.4 is 20.5 Å². The van der Waals surface area contributed by atoms with Crippen LogP contribution in [0.3, 0.4) is 0 Å². The standard InChI is InChI=1S/C26H32BrN7O5S2/c1-37-24(35)17(6-10-40-2)31-25(36)33-7-3-15(4-8-33)5-9-34-23-21(22(28)29-13-30-23)32-26(34)41-20-12-19-18(11-16(20)27)38-14-39-19/h11-13,15,17H,3-10,14H2,1-2H3,(H,31,36)(H2,28,29,30)/t17-/m0/s1. The number of nitrogens with zero attached hydrogens (tertiary/aromatic N) is 5. The predicted octanol–water partition coefficient (Wildman–Crippen LogP) is 4.16. The molecule has 220 valence electrons. The van der Waals surface area contributed by atoms with Gasteiger partial charge in [0.25, 0.3) is 0 Å². The van der Waals surface area contributed by atoms with E-state index in [1.807, 2.05) is 18.4 Å². The Morgan fingerprint density at radius 2 is 2.00 bits per heavy atom. The van der Waals surface area contributed by atoms with Crippen molar-refractivity contribution in [3.63, 3.8) is 0 Å². The molecule has 2 aliphatic rings. The Morgan fingerprint density at radius 3 is 2.73 bits per heavy atom. The van der Waals surface area contributed by atoms with Gasteiger partial charge in [-0.1, -0.05) is 11.8 Å². The minimum Gasteiger partial charge on any atom is -0.467 e. The number of urea groups is 1. The number of anilines is 1. The van der Waals surface area contributed by atoms with Crippen LogP contribution in [0, 0.1) is 5.92 Å². The van der Waals surface area contributed by atoms with Crippen molar-refractivity contribution < 1.29 is 23.8 Å². The molecule has 5 rings (SSSR count). The van der Waals surface area contributed by atoms with Crippen molar-refractivity contribution in [3.8, 4) is 11.5 Å². The van der Waals surface area contributed by atoms with Crippen LogP contribution in [0.15, 0.2) is 33.0 Å². The van der Waals surface area contributed by atoms with Gasteiger partial charge in [-0.2, -0.15) is 11.8 Å². The number of hydrogen-bond acceptors (Lipinski definition) is 11. The lowest BCUT2D eigenvalue weighted by Crippen LogP contribution is -2.50. The number of nitrogens with two attached hydrogens (primary N) is 1. The van der Waals surface area contributed by atoms with Gasteiger partial charge >= 0.3 is 12.0 Å². The van der Waals surface area contributed by atoms with Gasteiger partial charge in [0.1, 0.15) is 12.4 Å². The average Bonchev–Trinajstić information content (AvgIpc) is 3.58. The van der Waals surface area contributed by atoms with Crippen LogP contribution in [-0.2, 0) is 16.1 Å². The molecule has 1 saturated heterocycles. The quantitative estimate of drug-likeness (QED) is 0.301. The third kappa shape index (κ3) is 6.78. The van der Waals surface area contributed by atoms with Gasteiger partial charge in [-0.05, 0) is 71.7 Å². The third-order valence-electron chi connectivity index (χ3n) is 7.21. The summed E-state index contributed by atoms with van der Waals surface area (Å²) in [6.07, 6.45) is 6.57. The lowest BCUT2D eigenvalue weighted by atomic mass is 9.93. The Bertz CT molecular complexity index is 1420. The maximum absolute atomic E-state index is 12.9. The molecule has 1 atom stereocenters. The largest absolute Gasteiger partial charge is 0.467 e. The Balaban J connectivity index is 1.24. The number of carbonyl (C=O) groups is 2. The number of rotatable bonds is 10. The second-order valence-electron chi connectivity index (χ2n) is 9.74. The van der Waals surface area contributed by atoms with Crippen LogP contribution in [0.5, 0.6) is 11.5 Å². The first-order chi connectivity index (χ1) is 19.9. The topological polar surface area (TPSA) is 147 Å². The van der Waals surface area contributed by atoms with Crippen molar-refractivity contribution in [2.45, 2.75) is 48.3 Å². The van der Waals surface area contributed by atoms with Crippen LogP contribution in [0.1, 0.15) is 25.7 Å². The number of thioether (sulfide) groups is 1. The van der Waals surface area contributed by atoms with Gasteiger partial charge in [-0.25, -0.2) is 24.5 Å². The van der Waals surface area contributed by atoms with Crippen LogP contribution in [0.4, 0.5) is 10.6 Å². The number of ether oxygens (including phenoxy) is 3. The first-order valence-corrected chi connectivity index (χ1v) is 16.2. The molecule has 4 heterocycles.